The number of sulfonamides is 1. The molecular weight excluding hydrogens is 298 g/mol. The van der Waals surface area contributed by atoms with Crippen molar-refractivity contribution in [2.75, 3.05) is 26.0 Å². The summed E-state index contributed by atoms with van der Waals surface area (Å²) in [6.45, 7) is 1.96. The van der Waals surface area contributed by atoms with Crippen molar-refractivity contribution < 1.29 is 13.5 Å². The maximum atomic E-state index is 12.0. The molecule has 0 aliphatic rings. The molecule has 0 bridgehead atoms. The minimum absolute atomic E-state index is 0.186. The molecule has 112 valence electrons. The number of benzene rings is 1. The number of nitrogens with zero attached hydrogens (tertiary/aromatic N) is 1. The van der Waals surface area contributed by atoms with Gasteiger partial charge in [0.15, 0.2) is 5.11 Å². The zero-order chi connectivity index (χ0) is 15.3. The Hall–Kier alpha value is -1.22. The van der Waals surface area contributed by atoms with E-state index in [0.717, 1.165) is 4.31 Å². The molecular formula is C12H19N3O3S2. The molecule has 0 fully saturated rings. The zero-order valence-electron chi connectivity index (χ0n) is 11.6. The average molecular weight is 317 g/mol. The van der Waals surface area contributed by atoms with Crippen LogP contribution in [0.25, 0.3) is 0 Å². The van der Waals surface area contributed by atoms with Gasteiger partial charge in [-0.15, -0.1) is 0 Å². The van der Waals surface area contributed by atoms with E-state index in [4.69, 9.17) is 17.3 Å². The summed E-state index contributed by atoms with van der Waals surface area (Å²) in [6.07, 6.45) is -0.518. The third kappa shape index (κ3) is 4.71. The van der Waals surface area contributed by atoms with Gasteiger partial charge in [0.05, 0.1) is 11.0 Å². The standard InChI is InChI=1S/C12H19N3O3S2/c1-9(16)8-13-12(19)14-10-5-4-6-11(7-10)20(17,18)15(2)3/h4-7,9,16H,8H2,1-3H3,(H2,13,14,19)/t9-/m1/s1. The zero-order valence-corrected chi connectivity index (χ0v) is 13.3. The largest absolute Gasteiger partial charge is 0.392 e. The van der Waals surface area contributed by atoms with Crippen LogP contribution in [0.3, 0.4) is 0 Å². The third-order valence-corrected chi connectivity index (χ3v) is 4.49. The van der Waals surface area contributed by atoms with Crippen LogP contribution in [0, 0.1) is 0 Å². The van der Waals surface area contributed by atoms with Crippen molar-refractivity contribution in [1.29, 1.82) is 0 Å². The Morgan fingerprint density at radius 2 is 2.10 bits per heavy atom. The second-order valence-electron chi connectivity index (χ2n) is 4.50. The van der Waals surface area contributed by atoms with Gasteiger partial charge in [-0.3, -0.25) is 0 Å². The Bertz CT molecular complexity index is 571. The van der Waals surface area contributed by atoms with Gasteiger partial charge in [-0.2, -0.15) is 0 Å². The first-order valence-electron chi connectivity index (χ1n) is 5.99. The highest BCUT2D eigenvalue weighted by molar-refractivity contribution is 7.89. The van der Waals surface area contributed by atoms with Crippen LogP contribution < -0.4 is 10.6 Å². The SMILES string of the molecule is C[C@@H](O)CNC(=S)Nc1cccc(S(=O)(=O)N(C)C)c1. The second-order valence-corrected chi connectivity index (χ2v) is 7.06. The van der Waals surface area contributed by atoms with E-state index in [9.17, 15) is 8.42 Å². The summed E-state index contributed by atoms with van der Waals surface area (Å²) >= 11 is 5.05. The van der Waals surface area contributed by atoms with E-state index < -0.39 is 16.1 Å². The lowest BCUT2D eigenvalue weighted by atomic mass is 10.3. The van der Waals surface area contributed by atoms with Crippen LogP contribution in [0.4, 0.5) is 5.69 Å². The molecule has 0 heterocycles. The lowest BCUT2D eigenvalue weighted by Gasteiger charge is -2.14. The van der Waals surface area contributed by atoms with Gasteiger partial charge >= 0.3 is 0 Å². The smallest absolute Gasteiger partial charge is 0.242 e. The number of hydrogen-bond acceptors (Lipinski definition) is 4. The first-order chi connectivity index (χ1) is 9.23. The average Bonchev–Trinajstić information content (AvgIpc) is 2.36. The topological polar surface area (TPSA) is 81.7 Å². The summed E-state index contributed by atoms with van der Waals surface area (Å²) in [5.41, 5.74) is 0.566. The van der Waals surface area contributed by atoms with Gasteiger partial charge < -0.3 is 15.7 Å². The minimum Gasteiger partial charge on any atom is -0.392 e. The highest BCUT2D eigenvalue weighted by Gasteiger charge is 2.17. The highest BCUT2D eigenvalue weighted by atomic mass is 32.2. The van der Waals surface area contributed by atoms with E-state index in [-0.39, 0.29) is 4.90 Å². The number of anilines is 1. The van der Waals surface area contributed by atoms with Crippen molar-refractivity contribution in [1.82, 2.24) is 9.62 Å². The van der Waals surface area contributed by atoms with Crippen LogP contribution in [0.2, 0.25) is 0 Å². The van der Waals surface area contributed by atoms with Crippen molar-refractivity contribution in [3.05, 3.63) is 24.3 Å². The van der Waals surface area contributed by atoms with E-state index in [2.05, 4.69) is 10.6 Å². The molecule has 0 spiro atoms. The minimum atomic E-state index is -3.47. The number of thiocarbonyl (C=S) groups is 1. The molecule has 0 aliphatic heterocycles. The number of rotatable bonds is 5. The van der Waals surface area contributed by atoms with Crippen LogP contribution in [0.1, 0.15) is 6.92 Å². The van der Waals surface area contributed by atoms with Gasteiger partial charge in [0.25, 0.3) is 0 Å². The van der Waals surface area contributed by atoms with Gasteiger partial charge in [0.1, 0.15) is 0 Å². The van der Waals surface area contributed by atoms with Crippen LogP contribution >= 0.6 is 12.2 Å². The summed E-state index contributed by atoms with van der Waals surface area (Å²) in [4.78, 5) is 0.186. The van der Waals surface area contributed by atoms with E-state index in [0.29, 0.717) is 17.3 Å². The predicted octanol–water partition coefficient (Wildman–Crippen LogP) is 0.604. The van der Waals surface area contributed by atoms with Crippen molar-refractivity contribution >= 4 is 33.0 Å². The van der Waals surface area contributed by atoms with E-state index in [1.165, 1.54) is 26.2 Å². The monoisotopic (exact) mass is 317 g/mol. The van der Waals surface area contributed by atoms with Crippen molar-refractivity contribution in [2.24, 2.45) is 0 Å². The van der Waals surface area contributed by atoms with E-state index >= 15 is 0 Å². The van der Waals surface area contributed by atoms with Crippen LogP contribution in [0.5, 0.6) is 0 Å². The normalized spacial score (nSPS) is 13.1. The first kappa shape index (κ1) is 16.8. The van der Waals surface area contributed by atoms with Gasteiger partial charge in [0, 0.05) is 26.3 Å². The predicted molar refractivity (Wildman–Crippen MR) is 83.2 cm³/mol. The molecule has 1 aromatic carbocycles. The molecule has 1 atom stereocenters. The molecule has 0 amide bonds. The fraction of sp³-hybridized carbons (Fsp3) is 0.417. The van der Waals surface area contributed by atoms with Gasteiger partial charge in [-0.1, -0.05) is 6.07 Å². The van der Waals surface area contributed by atoms with Crippen molar-refractivity contribution in [3.63, 3.8) is 0 Å². The third-order valence-electron chi connectivity index (χ3n) is 2.43. The highest BCUT2D eigenvalue weighted by Crippen LogP contribution is 2.17. The lowest BCUT2D eigenvalue weighted by molar-refractivity contribution is 0.198. The van der Waals surface area contributed by atoms with Crippen molar-refractivity contribution in [3.8, 4) is 0 Å². The molecule has 0 saturated heterocycles. The summed E-state index contributed by atoms with van der Waals surface area (Å²) in [5.74, 6) is 0. The Morgan fingerprint density at radius 1 is 1.45 bits per heavy atom. The maximum absolute atomic E-state index is 12.0. The maximum Gasteiger partial charge on any atom is 0.242 e. The lowest BCUT2D eigenvalue weighted by Crippen LogP contribution is -2.33. The summed E-state index contributed by atoms with van der Waals surface area (Å²) < 4.78 is 25.2. The van der Waals surface area contributed by atoms with E-state index in [1.54, 1.807) is 19.1 Å². The van der Waals surface area contributed by atoms with Gasteiger partial charge in [-0.05, 0) is 37.3 Å². The molecule has 0 unspecified atom stereocenters. The quantitative estimate of drug-likeness (QED) is 0.690. The Balaban J connectivity index is 2.82. The van der Waals surface area contributed by atoms with Crippen molar-refractivity contribution in [2.45, 2.75) is 17.9 Å². The molecule has 0 aromatic heterocycles. The number of aliphatic hydroxyl groups is 1. The number of aliphatic hydroxyl groups excluding tert-OH is 1. The number of hydrogen-bond donors (Lipinski definition) is 3. The van der Waals surface area contributed by atoms with Crippen LogP contribution in [-0.4, -0.2) is 49.7 Å². The number of nitrogens with one attached hydrogen (secondary N) is 2. The fourth-order valence-corrected chi connectivity index (χ4v) is 2.51. The summed E-state index contributed by atoms with van der Waals surface area (Å²) in [5, 5.41) is 15.2. The molecule has 1 aromatic rings. The Morgan fingerprint density at radius 3 is 2.65 bits per heavy atom. The molecule has 6 nitrogen and oxygen atoms in total. The Kier molecular flexibility index (Phi) is 5.88. The fourth-order valence-electron chi connectivity index (χ4n) is 1.36. The van der Waals surface area contributed by atoms with Crippen LogP contribution in [-0.2, 0) is 10.0 Å². The van der Waals surface area contributed by atoms with Gasteiger partial charge in [-0.25, -0.2) is 12.7 Å². The molecule has 3 N–H and O–H groups in total. The molecule has 0 aliphatic carbocycles. The summed E-state index contributed by atoms with van der Waals surface area (Å²) in [6, 6.07) is 6.37. The molecule has 0 radical (unpaired) electrons. The summed E-state index contributed by atoms with van der Waals surface area (Å²) in [7, 11) is -0.518. The van der Waals surface area contributed by atoms with Gasteiger partial charge in [0.2, 0.25) is 10.0 Å². The van der Waals surface area contributed by atoms with Crippen LogP contribution in [0.15, 0.2) is 29.2 Å². The molecule has 20 heavy (non-hydrogen) atoms. The van der Waals surface area contributed by atoms with E-state index in [1.807, 2.05) is 0 Å². The molecule has 8 heteroatoms. The Labute approximate surface area is 124 Å². The molecule has 0 saturated carbocycles. The first-order valence-corrected chi connectivity index (χ1v) is 7.84. The molecule has 1 rings (SSSR count). The second kappa shape index (κ2) is 6.98.